The molecule has 0 spiro atoms. The van der Waals surface area contributed by atoms with Crippen molar-refractivity contribution in [1.82, 2.24) is 4.98 Å². The van der Waals surface area contributed by atoms with Crippen LogP contribution in [0.2, 0.25) is 0 Å². The number of aromatic nitrogens is 1. The van der Waals surface area contributed by atoms with Gasteiger partial charge in [-0.3, -0.25) is 4.79 Å². The Bertz CT molecular complexity index is 518. The molecule has 0 saturated heterocycles. The first-order valence-corrected chi connectivity index (χ1v) is 7.03. The summed E-state index contributed by atoms with van der Waals surface area (Å²) in [5, 5.41) is 3.53. The van der Waals surface area contributed by atoms with Crippen molar-refractivity contribution in [3.8, 4) is 11.8 Å². The molecule has 1 aromatic heterocycles. The molecule has 18 heavy (non-hydrogen) atoms. The number of fused-ring (bicyclic) bond motifs is 1. The van der Waals surface area contributed by atoms with E-state index in [4.69, 9.17) is 5.73 Å². The Labute approximate surface area is 110 Å². The van der Waals surface area contributed by atoms with Crippen LogP contribution < -0.4 is 11.1 Å². The van der Waals surface area contributed by atoms with Crippen LogP contribution in [0, 0.1) is 29.6 Å². The molecule has 1 heterocycles. The Morgan fingerprint density at radius 2 is 2.28 bits per heavy atom. The van der Waals surface area contributed by atoms with Crippen molar-refractivity contribution in [3.05, 3.63) is 11.1 Å². The van der Waals surface area contributed by atoms with Gasteiger partial charge in [0.05, 0.1) is 17.6 Å². The van der Waals surface area contributed by atoms with Crippen LogP contribution in [0.5, 0.6) is 0 Å². The maximum atomic E-state index is 12.0. The third-order valence-corrected chi connectivity index (χ3v) is 4.49. The first-order chi connectivity index (χ1) is 8.76. The van der Waals surface area contributed by atoms with Gasteiger partial charge in [-0.05, 0) is 31.1 Å². The summed E-state index contributed by atoms with van der Waals surface area (Å²) in [7, 11) is 0. The zero-order valence-corrected chi connectivity index (χ0v) is 10.8. The van der Waals surface area contributed by atoms with Crippen LogP contribution in [0.1, 0.15) is 24.1 Å². The molecular formula is C13H15N3OS. The summed E-state index contributed by atoms with van der Waals surface area (Å²) in [6, 6.07) is 0. The number of carbonyl (C=O) groups excluding carboxylic acids is 1. The number of hydrogen-bond donors (Lipinski definition) is 2. The third kappa shape index (κ3) is 2.40. The highest BCUT2D eigenvalue weighted by molar-refractivity contribution is 7.16. The van der Waals surface area contributed by atoms with Crippen molar-refractivity contribution in [3.63, 3.8) is 0 Å². The van der Waals surface area contributed by atoms with Crippen LogP contribution in [-0.2, 0) is 4.79 Å². The number of anilines is 1. The number of thiazole rings is 1. The molecule has 1 aromatic rings. The van der Waals surface area contributed by atoms with Crippen LogP contribution in [0.15, 0.2) is 6.20 Å². The second-order valence-electron chi connectivity index (χ2n) is 4.95. The summed E-state index contributed by atoms with van der Waals surface area (Å²) in [5.41, 5.74) is 5.30. The molecule has 5 heteroatoms. The van der Waals surface area contributed by atoms with E-state index in [9.17, 15) is 4.79 Å². The summed E-state index contributed by atoms with van der Waals surface area (Å²) in [6.45, 7) is 0.338. The average molecular weight is 261 g/mol. The zero-order chi connectivity index (χ0) is 12.5. The summed E-state index contributed by atoms with van der Waals surface area (Å²) in [5.74, 6) is 7.64. The predicted molar refractivity (Wildman–Crippen MR) is 71.0 cm³/mol. The Morgan fingerprint density at radius 1 is 1.50 bits per heavy atom. The summed E-state index contributed by atoms with van der Waals surface area (Å²) >= 11 is 1.40. The van der Waals surface area contributed by atoms with E-state index in [1.165, 1.54) is 17.8 Å². The third-order valence-electron chi connectivity index (χ3n) is 3.66. The molecule has 2 aliphatic rings. The van der Waals surface area contributed by atoms with Crippen LogP contribution in [0.25, 0.3) is 0 Å². The second-order valence-corrected chi connectivity index (χ2v) is 5.98. The van der Waals surface area contributed by atoms with Gasteiger partial charge in [-0.1, -0.05) is 23.2 Å². The lowest BCUT2D eigenvalue weighted by molar-refractivity contribution is -0.120. The lowest BCUT2D eigenvalue weighted by atomic mass is 10.0. The van der Waals surface area contributed by atoms with Crippen molar-refractivity contribution < 1.29 is 4.79 Å². The average Bonchev–Trinajstić information content (AvgIpc) is 2.79. The van der Waals surface area contributed by atoms with E-state index < -0.39 is 0 Å². The van der Waals surface area contributed by atoms with Gasteiger partial charge in [-0.2, -0.15) is 0 Å². The first-order valence-electron chi connectivity index (χ1n) is 6.22. The fourth-order valence-corrected chi connectivity index (χ4v) is 3.36. The van der Waals surface area contributed by atoms with Crippen LogP contribution >= 0.6 is 11.3 Å². The number of nitrogens with one attached hydrogen (secondary N) is 1. The van der Waals surface area contributed by atoms with Crippen molar-refractivity contribution in [2.24, 2.45) is 23.5 Å². The Morgan fingerprint density at radius 3 is 3.00 bits per heavy atom. The number of nitrogens with zero attached hydrogens (tertiary/aromatic N) is 1. The van der Waals surface area contributed by atoms with Gasteiger partial charge < -0.3 is 11.1 Å². The largest absolute Gasteiger partial charge is 0.320 e. The molecule has 3 N–H and O–H groups in total. The molecule has 0 radical (unpaired) electrons. The summed E-state index contributed by atoms with van der Waals surface area (Å²) in [4.78, 5) is 17.0. The Balaban J connectivity index is 1.58. The first kappa shape index (κ1) is 11.7. The molecule has 1 amide bonds. The maximum absolute atomic E-state index is 12.0. The monoisotopic (exact) mass is 261 g/mol. The standard InChI is InChI=1S/C13H15N3OS/c14-3-1-2-11-7-15-13(18-11)16-12(17)10-5-8-4-9(8)6-10/h7-10H,3-6,14H2,(H,15,16,17). The predicted octanol–water partition coefficient (Wildman–Crippen LogP) is 1.44. The van der Waals surface area contributed by atoms with Crippen LogP contribution in [-0.4, -0.2) is 17.4 Å². The maximum Gasteiger partial charge on any atom is 0.229 e. The van der Waals surface area contributed by atoms with Crippen molar-refractivity contribution in [2.75, 3.05) is 11.9 Å². The van der Waals surface area contributed by atoms with E-state index in [1.54, 1.807) is 6.20 Å². The van der Waals surface area contributed by atoms with E-state index in [1.807, 2.05) is 0 Å². The van der Waals surface area contributed by atoms with E-state index in [0.29, 0.717) is 11.7 Å². The summed E-state index contributed by atoms with van der Waals surface area (Å²) in [6.07, 6.45) is 5.12. The number of rotatable bonds is 2. The van der Waals surface area contributed by atoms with Gasteiger partial charge in [-0.25, -0.2) is 4.98 Å². The van der Waals surface area contributed by atoms with Crippen molar-refractivity contribution in [2.45, 2.75) is 19.3 Å². The van der Waals surface area contributed by atoms with E-state index >= 15 is 0 Å². The fourth-order valence-electron chi connectivity index (χ4n) is 2.66. The highest BCUT2D eigenvalue weighted by atomic mass is 32.1. The number of hydrogen-bond acceptors (Lipinski definition) is 4. The zero-order valence-electron chi connectivity index (χ0n) is 9.98. The number of nitrogens with two attached hydrogens (primary N) is 1. The van der Waals surface area contributed by atoms with E-state index in [0.717, 1.165) is 29.6 Å². The smallest absolute Gasteiger partial charge is 0.229 e. The second kappa shape index (κ2) is 4.71. The highest BCUT2D eigenvalue weighted by Gasteiger charge is 2.48. The van der Waals surface area contributed by atoms with Gasteiger partial charge in [-0.15, -0.1) is 0 Å². The van der Waals surface area contributed by atoms with Crippen LogP contribution in [0.4, 0.5) is 5.13 Å². The van der Waals surface area contributed by atoms with Crippen LogP contribution in [0.3, 0.4) is 0 Å². The highest BCUT2D eigenvalue weighted by Crippen LogP contribution is 2.54. The fraction of sp³-hybridized carbons (Fsp3) is 0.538. The van der Waals surface area contributed by atoms with Gasteiger partial charge >= 0.3 is 0 Å². The van der Waals surface area contributed by atoms with Crippen molar-refractivity contribution in [1.29, 1.82) is 0 Å². The lowest BCUT2D eigenvalue weighted by Crippen LogP contribution is -2.21. The van der Waals surface area contributed by atoms with Gasteiger partial charge in [0.2, 0.25) is 5.91 Å². The number of amides is 1. The normalized spacial score (nSPS) is 28.2. The minimum atomic E-state index is 0.120. The van der Waals surface area contributed by atoms with E-state index in [2.05, 4.69) is 22.1 Å². The lowest BCUT2D eigenvalue weighted by Gasteiger charge is -2.09. The SMILES string of the molecule is NCC#Cc1cnc(NC(=O)C2CC3CC3C2)s1. The molecular weight excluding hydrogens is 246 g/mol. The minimum Gasteiger partial charge on any atom is -0.320 e. The van der Waals surface area contributed by atoms with Crippen molar-refractivity contribution >= 4 is 22.4 Å². The van der Waals surface area contributed by atoms with Gasteiger partial charge in [0.1, 0.15) is 0 Å². The molecule has 0 bridgehead atoms. The molecule has 2 saturated carbocycles. The molecule has 0 aliphatic heterocycles. The van der Waals surface area contributed by atoms with E-state index in [-0.39, 0.29) is 11.8 Å². The molecule has 3 rings (SSSR count). The molecule has 4 nitrogen and oxygen atoms in total. The van der Waals surface area contributed by atoms with Gasteiger partial charge in [0, 0.05) is 5.92 Å². The topological polar surface area (TPSA) is 68.0 Å². The minimum absolute atomic E-state index is 0.120. The molecule has 2 unspecified atom stereocenters. The van der Waals surface area contributed by atoms with Gasteiger partial charge in [0.15, 0.2) is 5.13 Å². The Kier molecular flexibility index (Phi) is 3.06. The van der Waals surface area contributed by atoms with Gasteiger partial charge in [0.25, 0.3) is 0 Å². The Hall–Kier alpha value is -1.38. The molecule has 2 aliphatic carbocycles. The molecule has 2 atom stereocenters. The quantitative estimate of drug-likeness (QED) is 0.792. The summed E-state index contributed by atoms with van der Waals surface area (Å²) < 4.78 is 0. The molecule has 94 valence electrons. The number of carbonyl (C=O) groups is 1. The molecule has 2 fully saturated rings. The molecule has 0 aromatic carbocycles.